The summed E-state index contributed by atoms with van der Waals surface area (Å²) in [6.45, 7) is 0.470. The average molecular weight is 228 g/mol. The van der Waals surface area contributed by atoms with Gasteiger partial charge in [-0.2, -0.15) is 0 Å². The van der Waals surface area contributed by atoms with Crippen LogP contribution in [0.15, 0.2) is 17.1 Å². The number of H-pyrrole nitrogens is 1. The third kappa shape index (κ3) is 1.75. The summed E-state index contributed by atoms with van der Waals surface area (Å²) in [6, 6.07) is 1.63. The van der Waals surface area contributed by atoms with Crippen LogP contribution in [0.2, 0.25) is 5.02 Å². The normalized spacial score (nSPS) is 11.1. The number of hydrogen-bond donors (Lipinski definition) is 2. The predicted molar refractivity (Wildman–Crippen MR) is 57.1 cm³/mol. The van der Waals surface area contributed by atoms with E-state index in [0.29, 0.717) is 29.2 Å². The van der Waals surface area contributed by atoms with Gasteiger partial charge in [0.05, 0.1) is 5.02 Å². The molecule has 0 atom stereocenters. The van der Waals surface area contributed by atoms with Gasteiger partial charge < -0.3 is 5.11 Å². The SMILES string of the molecule is O=c1[nH]c2nccc(Cl)c2n1CCCO. The van der Waals surface area contributed by atoms with Crippen molar-refractivity contribution < 1.29 is 5.11 Å². The first-order chi connectivity index (χ1) is 7.24. The molecule has 0 aromatic carbocycles. The maximum atomic E-state index is 11.5. The van der Waals surface area contributed by atoms with Gasteiger partial charge in [-0.15, -0.1) is 0 Å². The third-order valence-electron chi connectivity index (χ3n) is 2.16. The number of halogens is 1. The van der Waals surface area contributed by atoms with E-state index in [1.165, 1.54) is 10.8 Å². The molecule has 2 rings (SSSR count). The van der Waals surface area contributed by atoms with Crippen molar-refractivity contribution >= 4 is 22.8 Å². The summed E-state index contributed by atoms with van der Waals surface area (Å²) < 4.78 is 1.49. The molecule has 2 aromatic heterocycles. The van der Waals surface area contributed by atoms with Crippen LogP contribution in [0.4, 0.5) is 0 Å². The van der Waals surface area contributed by atoms with Gasteiger partial charge in [0.2, 0.25) is 0 Å². The quantitative estimate of drug-likeness (QED) is 0.813. The molecule has 0 spiro atoms. The van der Waals surface area contributed by atoms with E-state index in [9.17, 15) is 4.79 Å². The lowest BCUT2D eigenvalue weighted by atomic mass is 10.4. The molecule has 0 bridgehead atoms. The summed E-state index contributed by atoms with van der Waals surface area (Å²) in [6.07, 6.45) is 2.05. The van der Waals surface area contributed by atoms with Gasteiger partial charge in [-0.05, 0) is 12.5 Å². The lowest BCUT2D eigenvalue weighted by Gasteiger charge is -2.01. The Hall–Kier alpha value is -1.33. The molecule has 15 heavy (non-hydrogen) atoms. The zero-order valence-corrected chi connectivity index (χ0v) is 8.66. The second kappa shape index (κ2) is 4.04. The number of aromatic nitrogens is 3. The Morgan fingerprint density at radius 3 is 3.13 bits per heavy atom. The van der Waals surface area contributed by atoms with Gasteiger partial charge in [0.15, 0.2) is 5.65 Å². The lowest BCUT2D eigenvalue weighted by Crippen LogP contribution is -2.17. The van der Waals surface area contributed by atoms with Gasteiger partial charge >= 0.3 is 5.69 Å². The van der Waals surface area contributed by atoms with Crippen LogP contribution in [0.5, 0.6) is 0 Å². The Bertz CT molecular complexity index is 532. The van der Waals surface area contributed by atoms with Crippen molar-refractivity contribution in [3.05, 3.63) is 27.8 Å². The predicted octanol–water partition coefficient (Wildman–Crippen LogP) is 0.760. The number of aromatic amines is 1. The summed E-state index contributed by atoms with van der Waals surface area (Å²) in [5, 5.41) is 9.21. The highest BCUT2D eigenvalue weighted by atomic mass is 35.5. The van der Waals surface area contributed by atoms with E-state index in [4.69, 9.17) is 16.7 Å². The Morgan fingerprint density at radius 2 is 2.40 bits per heavy atom. The van der Waals surface area contributed by atoms with Crippen LogP contribution in [0.25, 0.3) is 11.2 Å². The maximum absolute atomic E-state index is 11.5. The van der Waals surface area contributed by atoms with Crippen molar-refractivity contribution in [3.8, 4) is 0 Å². The molecule has 2 N–H and O–H groups in total. The highest BCUT2D eigenvalue weighted by molar-refractivity contribution is 6.34. The van der Waals surface area contributed by atoms with Crippen LogP contribution in [-0.4, -0.2) is 26.2 Å². The fraction of sp³-hybridized carbons (Fsp3) is 0.333. The molecule has 0 aliphatic heterocycles. The van der Waals surface area contributed by atoms with Gasteiger partial charge in [-0.3, -0.25) is 9.55 Å². The molecule has 0 aliphatic carbocycles. The smallest absolute Gasteiger partial charge is 0.327 e. The third-order valence-corrected chi connectivity index (χ3v) is 2.46. The molecule has 2 heterocycles. The van der Waals surface area contributed by atoms with Gasteiger partial charge in [-0.25, -0.2) is 9.78 Å². The van der Waals surface area contributed by atoms with Crippen molar-refractivity contribution in [1.82, 2.24) is 14.5 Å². The van der Waals surface area contributed by atoms with Crippen molar-refractivity contribution in [2.24, 2.45) is 0 Å². The Morgan fingerprint density at radius 1 is 1.60 bits per heavy atom. The van der Waals surface area contributed by atoms with Crippen LogP contribution in [0, 0.1) is 0 Å². The van der Waals surface area contributed by atoms with Gasteiger partial charge in [-0.1, -0.05) is 11.6 Å². The summed E-state index contributed by atoms with van der Waals surface area (Å²) >= 11 is 5.97. The number of aryl methyl sites for hydroxylation is 1. The van der Waals surface area contributed by atoms with E-state index >= 15 is 0 Å². The topological polar surface area (TPSA) is 70.9 Å². The van der Waals surface area contributed by atoms with E-state index in [0.717, 1.165) is 0 Å². The fourth-order valence-electron chi connectivity index (χ4n) is 1.49. The second-order valence-corrected chi connectivity index (χ2v) is 3.56. The minimum Gasteiger partial charge on any atom is -0.396 e. The first-order valence-corrected chi connectivity index (χ1v) is 4.95. The van der Waals surface area contributed by atoms with Crippen molar-refractivity contribution in [2.75, 3.05) is 6.61 Å². The number of imidazole rings is 1. The standard InChI is InChI=1S/C9H10ClN3O2/c10-6-2-3-11-8-7(6)13(4-1-5-14)9(15)12-8/h2-3,14H,1,4-5H2,(H,11,12,15). The highest BCUT2D eigenvalue weighted by Crippen LogP contribution is 2.18. The van der Waals surface area contributed by atoms with Crippen LogP contribution >= 0.6 is 11.6 Å². The Labute approximate surface area is 90.3 Å². The van der Waals surface area contributed by atoms with Crippen LogP contribution < -0.4 is 5.69 Å². The molecular formula is C9H10ClN3O2. The number of pyridine rings is 1. The minimum absolute atomic E-state index is 0.0387. The molecule has 0 aliphatic rings. The summed E-state index contributed by atoms with van der Waals surface area (Å²) in [5.41, 5.74) is 0.821. The van der Waals surface area contributed by atoms with Crippen molar-refractivity contribution in [1.29, 1.82) is 0 Å². The van der Waals surface area contributed by atoms with Crippen LogP contribution in [0.3, 0.4) is 0 Å². The zero-order chi connectivity index (χ0) is 10.8. The molecule has 0 saturated carbocycles. The van der Waals surface area contributed by atoms with Crippen LogP contribution in [0.1, 0.15) is 6.42 Å². The van der Waals surface area contributed by atoms with E-state index in [-0.39, 0.29) is 12.3 Å². The molecule has 5 nitrogen and oxygen atoms in total. The van der Waals surface area contributed by atoms with Gasteiger partial charge in [0.1, 0.15) is 5.52 Å². The number of nitrogens with zero attached hydrogens (tertiary/aromatic N) is 2. The van der Waals surface area contributed by atoms with Gasteiger partial charge in [0, 0.05) is 19.3 Å². The lowest BCUT2D eigenvalue weighted by molar-refractivity contribution is 0.280. The summed E-state index contributed by atoms with van der Waals surface area (Å²) in [4.78, 5) is 18.1. The monoisotopic (exact) mass is 227 g/mol. The molecule has 0 saturated heterocycles. The Kier molecular flexibility index (Phi) is 2.75. The van der Waals surface area contributed by atoms with Crippen molar-refractivity contribution in [2.45, 2.75) is 13.0 Å². The minimum atomic E-state index is -0.251. The van der Waals surface area contributed by atoms with Crippen molar-refractivity contribution in [3.63, 3.8) is 0 Å². The first kappa shape index (κ1) is 10.2. The molecule has 0 unspecified atom stereocenters. The fourth-order valence-corrected chi connectivity index (χ4v) is 1.74. The highest BCUT2D eigenvalue weighted by Gasteiger charge is 2.09. The average Bonchev–Trinajstić information content (AvgIpc) is 2.53. The van der Waals surface area contributed by atoms with E-state index in [1.54, 1.807) is 6.07 Å². The zero-order valence-electron chi connectivity index (χ0n) is 7.90. The number of fused-ring (bicyclic) bond motifs is 1. The number of nitrogens with one attached hydrogen (secondary N) is 1. The number of aliphatic hydroxyl groups excluding tert-OH is 1. The number of rotatable bonds is 3. The molecular weight excluding hydrogens is 218 g/mol. The molecule has 80 valence electrons. The van der Waals surface area contributed by atoms with Crippen LogP contribution in [-0.2, 0) is 6.54 Å². The summed E-state index contributed by atoms with van der Waals surface area (Å²) in [5.74, 6) is 0. The number of hydrogen-bond acceptors (Lipinski definition) is 3. The van der Waals surface area contributed by atoms with E-state index in [1.807, 2.05) is 0 Å². The molecule has 0 fully saturated rings. The largest absolute Gasteiger partial charge is 0.396 e. The maximum Gasteiger partial charge on any atom is 0.327 e. The summed E-state index contributed by atoms with van der Waals surface area (Å²) in [7, 11) is 0. The van der Waals surface area contributed by atoms with E-state index < -0.39 is 0 Å². The van der Waals surface area contributed by atoms with E-state index in [2.05, 4.69) is 9.97 Å². The Balaban J connectivity index is 2.61. The molecule has 2 aromatic rings. The van der Waals surface area contributed by atoms with Gasteiger partial charge in [0.25, 0.3) is 0 Å². The molecule has 6 heteroatoms. The first-order valence-electron chi connectivity index (χ1n) is 4.58. The number of aliphatic hydroxyl groups is 1. The molecule has 0 amide bonds. The molecule has 0 radical (unpaired) electrons. The second-order valence-electron chi connectivity index (χ2n) is 3.15.